The van der Waals surface area contributed by atoms with Crippen LogP contribution in [0.1, 0.15) is 38.4 Å². The van der Waals surface area contributed by atoms with Crippen molar-refractivity contribution in [2.45, 2.75) is 39.7 Å². The average molecular weight is 481 g/mol. The lowest BCUT2D eigenvalue weighted by atomic mass is 9.93. The number of aliphatic imine (C=N–C) groups is 1. The van der Waals surface area contributed by atoms with Crippen LogP contribution >= 0.6 is 35.3 Å². The molecule has 1 fully saturated rings. The van der Waals surface area contributed by atoms with E-state index < -0.39 is 0 Å². The van der Waals surface area contributed by atoms with E-state index in [2.05, 4.69) is 53.6 Å². The summed E-state index contributed by atoms with van der Waals surface area (Å²) in [5.74, 6) is 0.860. The minimum absolute atomic E-state index is 0. The van der Waals surface area contributed by atoms with Crippen molar-refractivity contribution < 1.29 is 4.74 Å². The summed E-state index contributed by atoms with van der Waals surface area (Å²) in [6, 6.07) is 0. The Morgan fingerprint density at radius 1 is 1.32 bits per heavy atom. The number of guanidine groups is 1. The highest BCUT2D eigenvalue weighted by molar-refractivity contribution is 14.0. The third-order valence-electron chi connectivity index (χ3n) is 3.86. The van der Waals surface area contributed by atoms with E-state index in [1.807, 2.05) is 0 Å². The standard InChI is InChI=1S/C17H31N5OS.HI/c1-5-18-16(19-6-7-22-8-10-23-11-9-22)20-12-15-21-14(13-24-15)17(2,3)4;/h13H,5-12H2,1-4H3,(H2,18,19,20);1H. The molecular formula is C17H32IN5OS. The second-order valence-corrected chi connectivity index (χ2v) is 7.90. The van der Waals surface area contributed by atoms with Crippen molar-refractivity contribution in [3.63, 3.8) is 0 Å². The lowest BCUT2D eigenvalue weighted by molar-refractivity contribution is 0.0389. The van der Waals surface area contributed by atoms with Gasteiger partial charge in [-0.25, -0.2) is 9.98 Å². The Labute approximate surface area is 172 Å². The molecule has 2 N–H and O–H groups in total. The van der Waals surface area contributed by atoms with Gasteiger partial charge in [-0.1, -0.05) is 20.8 Å². The maximum atomic E-state index is 5.38. The lowest BCUT2D eigenvalue weighted by Crippen LogP contribution is -2.44. The number of morpholine rings is 1. The molecule has 25 heavy (non-hydrogen) atoms. The highest BCUT2D eigenvalue weighted by atomic mass is 127. The Kier molecular flexibility index (Phi) is 10.2. The molecule has 0 aliphatic carbocycles. The van der Waals surface area contributed by atoms with E-state index in [-0.39, 0.29) is 29.4 Å². The van der Waals surface area contributed by atoms with Crippen LogP contribution in [0.5, 0.6) is 0 Å². The van der Waals surface area contributed by atoms with Crippen molar-refractivity contribution in [3.8, 4) is 0 Å². The fourth-order valence-corrected chi connectivity index (χ4v) is 3.32. The minimum Gasteiger partial charge on any atom is -0.379 e. The Bertz CT molecular complexity index is 523. The summed E-state index contributed by atoms with van der Waals surface area (Å²) in [7, 11) is 0. The number of hydrogen-bond acceptors (Lipinski definition) is 5. The van der Waals surface area contributed by atoms with Crippen LogP contribution in [0.4, 0.5) is 0 Å². The Balaban J connectivity index is 0.00000312. The molecule has 0 radical (unpaired) electrons. The molecule has 0 saturated carbocycles. The first-order valence-corrected chi connectivity index (χ1v) is 9.64. The van der Waals surface area contributed by atoms with Crippen LogP contribution in [0.3, 0.4) is 0 Å². The van der Waals surface area contributed by atoms with Gasteiger partial charge in [0.2, 0.25) is 0 Å². The summed E-state index contributed by atoms with van der Waals surface area (Å²) in [6.07, 6.45) is 0. The van der Waals surface area contributed by atoms with Crippen LogP contribution in [-0.2, 0) is 16.7 Å². The first-order chi connectivity index (χ1) is 11.5. The van der Waals surface area contributed by atoms with Crippen molar-refractivity contribution in [3.05, 3.63) is 16.1 Å². The molecule has 1 aromatic heterocycles. The van der Waals surface area contributed by atoms with Crippen molar-refractivity contribution >= 4 is 41.3 Å². The number of nitrogens with one attached hydrogen (secondary N) is 2. The van der Waals surface area contributed by atoms with Gasteiger partial charge in [0.05, 0.1) is 25.5 Å². The van der Waals surface area contributed by atoms with Crippen LogP contribution in [0.15, 0.2) is 10.4 Å². The largest absolute Gasteiger partial charge is 0.379 e. The molecule has 1 aromatic rings. The zero-order valence-corrected chi connectivity index (χ0v) is 18.9. The number of ether oxygens (including phenoxy) is 1. The average Bonchev–Trinajstić information content (AvgIpc) is 3.03. The fraction of sp³-hybridized carbons (Fsp3) is 0.765. The van der Waals surface area contributed by atoms with E-state index in [1.165, 1.54) is 0 Å². The van der Waals surface area contributed by atoms with Crippen molar-refractivity contribution in [1.82, 2.24) is 20.5 Å². The predicted octanol–water partition coefficient (Wildman–Crippen LogP) is 2.45. The van der Waals surface area contributed by atoms with Gasteiger partial charge in [0.15, 0.2) is 5.96 Å². The molecule has 6 nitrogen and oxygen atoms in total. The molecule has 8 heteroatoms. The minimum atomic E-state index is 0. The molecule has 144 valence electrons. The molecule has 1 aliphatic heterocycles. The summed E-state index contributed by atoms with van der Waals surface area (Å²) in [6.45, 7) is 15.7. The van der Waals surface area contributed by atoms with E-state index in [1.54, 1.807) is 11.3 Å². The van der Waals surface area contributed by atoms with Gasteiger partial charge in [0, 0.05) is 43.5 Å². The zero-order valence-electron chi connectivity index (χ0n) is 15.8. The Morgan fingerprint density at radius 2 is 2.04 bits per heavy atom. The van der Waals surface area contributed by atoms with E-state index >= 15 is 0 Å². The maximum absolute atomic E-state index is 5.38. The van der Waals surface area contributed by atoms with Gasteiger partial charge in [-0.05, 0) is 6.92 Å². The summed E-state index contributed by atoms with van der Waals surface area (Å²) in [5, 5.41) is 9.91. The topological polar surface area (TPSA) is 61.8 Å². The van der Waals surface area contributed by atoms with E-state index in [0.29, 0.717) is 6.54 Å². The summed E-state index contributed by atoms with van der Waals surface area (Å²) < 4.78 is 5.38. The number of nitrogens with zero attached hydrogens (tertiary/aromatic N) is 3. The van der Waals surface area contributed by atoms with Gasteiger partial charge in [0.1, 0.15) is 5.01 Å². The summed E-state index contributed by atoms with van der Waals surface area (Å²) >= 11 is 1.69. The fourth-order valence-electron chi connectivity index (χ4n) is 2.37. The number of hydrogen-bond donors (Lipinski definition) is 2. The van der Waals surface area contributed by atoms with Crippen molar-refractivity contribution in [2.24, 2.45) is 4.99 Å². The van der Waals surface area contributed by atoms with Gasteiger partial charge >= 0.3 is 0 Å². The molecule has 0 bridgehead atoms. The first-order valence-electron chi connectivity index (χ1n) is 8.76. The van der Waals surface area contributed by atoms with Crippen LogP contribution < -0.4 is 10.6 Å². The number of aromatic nitrogens is 1. The van der Waals surface area contributed by atoms with E-state index in [4.69, 9.17) is 9.72 Å². The van der Waals surface area contributed by atoms with Gasteiger partial charge in [-0.15, -0.1) is 35.3 Å². The maximum Gasteiger partial charge on any atom is 0.191 e. The highest BCUT2D eigenvalue weighted by Gasteiger charge is 2.17. The molecule has 0 atom stereocenters. The van der Waals surface area contributed by atoms with E-state index in [0.717, 1.165) is 62.6 Å². The first kappa shape index (κ1) is 22.6. The van der Waals surface area contributed by atoms with Crippen LogP contribution in [-0.4, -0.2) is 61.8 Å². The second kappa shape index (κ2) is 11.3. The Hall–Kier alpha value is -0.450. The second-order valence-electron chi connectivity index (χ2n) is 6.95. The lowest BCUT2D eigenvalue weighted by Gasteiger charge is -2.26. The third kappa shape index (κ3) is 8.19. The molecule has 0 amide bonds. The number of rotatable bonds is 6. The zero-order chi connectivity index (χ0) is 17.4. The smallest absolute Gasteiger partial charge is 0.191 e. The normalized spacial score (nSPS) is 16.4. The molecule has 2 rings (SSSR count). The van der Waals surface area contributed by atoms with Crippen LogP contribution in [0.25, 0.3) is 0 Å². The predicted molar refractivity (Wildman–Crippen MR) is 116 cm³/mol. The van der Waals surface area contributed by atoms with E-state index in [9.17, 15) is 0 Å². The summed E-state index contributed by atoms with van der Waals surface area (Å²) in [4.78, 5) is 11.8. The third-order valence-corrected chi connectivity index (χ3v) is 4.69. The van der Waals surface area contributed by atoms with Crippen molar-refractivity contribution in [1.29, 1.82) is 0 Å². The number of thiazole rings is 1. The quantitative estimate of drug-likeness (QED) is 0.372. The molecule has 2 heterocycles. The van der Waals surface area contributed by atoms with Crippen molar-refractivity contribution in [2.75, 3.05) is 45.9 Å². The van der Waals surface area contributed by atoms with Crippen LogP contribution in [0.2, 0.25) is 0 Å². The molecular weight excluding hydrogens is 449 g/mol. The molecule has 1 saturated heterocycles. The van der Waals surface area contributed by atoms with Crippen LogP contribution in [0, 0.1) is 0 Å². The van der Waals surface area contributed by atoms with Gasteiger partial charge in [0.25, 0.3) is 0 Å². The molecule has 0 unspecified atom stereocenters. The summed E-state index contributed by atoms with van der Waals surface area (Å²) in [5.41, 5.74) is 1.24. The molecule has 1 aliphatic rings. The van der Waals surface area contributed by atoms with Gasteiger partial charge in [-0.3, -0.25) is 4.90 Å². The molecule has 0 spiro atoms. The van der Waals surface area contributed by atoms with Gasteiger partial charge < -0.3 is 15.4 Å². The SMILES string of the molecule is CCNC(=NCc1nc(C(C)(C)C)cs1)NCCN1CCOCC1.I. The van der Waals surface area contributed by atoms with Gasteiger partial charge in [-0.2, -0.15) is 0 Å². The Morgan fingerprint density at radius 3 is 2.64 bits per heavy atom. The monoisotopic (exact) mass is 481 g/mol. The number of halogens is 1. The molecule has 0 aromatic carbocycles. The highest BCUT2D eigenvalue weighted by Crippen LogP contribution is 2.24.